The molecule has 0 saturated heterocycles. The van der Waals surface area contributed by atoms with Gasteiger partial charge in [0.1, 0.15) is 0 Å². The third-order valence-corrected chi connectivity index (χ3v) is 3.86. The van der Waals surface area contributed by atoms with Gasteiger partial charge in [0.25, 0.3) is 5.91 Å². The van der Waals surface area contributed by atoms with E-state index in [9.17, 15) is 4.79 Å². The molecule has 0 radical (unpaired) electrons. The van der Waals surface area contributed by atoms with Crippen molar-refractivity contribution < 1.29 is 4.79 Å². The van der Waals surface area contributed by atoms with Crippen molar-refractivity contribution in [1.29, 1.82) is 0 Å². The topological polar surface area (TPSA) is 72.3 Å². The summed E-state index contributed by atoms with van der Waals surface area (Å²) in [5, 5.41) is 0. The van der Waals surface area contributed by atoms with Gasteiger partial charge in [-0.15, -0.1) is 0 Å². The molecule has 0 unspecified atom stereocenters. The van der Waals surface area contributed by atoms with Crippen LogP contribution in [0.25, 0.3) is 0 Å². The highest BCUT2D eigenvalue weighted by Crippen LogP contribution is 2.34. The molecule has 3 rings (SSSR count). The van der Waals surface area contributed by atoms with Crippen LogP contribution in [-0.4, -0.2) is 23.9 Å². The molecule has 1 aromatic rings. The zero-order chi connectivity index (χ0) is 13.4. The third-order valence-electron chi connectivity index (χ3n) is 3.86. The molecule has 0 heterocycles. The number of carbonyl (C=O) groups excluding carboxylic acids is 1. The lowest BCUT2D eigenvalue weighted by Crippen LogP contribution is -2.34. The number of nitrogens with two attached hydrogens (primary N) is 2. The number of hydrogen-bond acceptors (Lipinski definition) is 3. The monoisotopic (exact) mass is 259 g/mol. The van der Waals surface area contributed by atoms with Crippen molar-refractivity contribution in [3.63, 3.8) is 0 Å². The Morgan fingerprint density at radius 2 is 1.47 bits per heavy atom. The Morgan fingerprint density at radius 1 is 1.00 bits per heavy atom. The Labute approximate surface area is 113 Å². The van der Waals surface area contributed by atoms with E-state index in [4.69, 9.17) is 11.5 Å². The average Bonchev–Trinajstić information content (AvgIpc) is 3.20. The minimum absolute atomic E-state index is 0.0813. The fraction of sp³-hybridized carbons (Fsp3) is 0.533. The molecule has 19 heavy (non-hydrogen) atoms. The second kappa shape index (κ2) is 4.76. The van der Waals surface area contributed by atoms with Crippen LogP contribution in [0, 0.1) is 11.8 Å². The van der Waals surface area contributed by atoms with Crippen molar-refractivity contribution in [2.45, 2.75) is 25.7 Å². The first-order valence-electron chi connectivity index (χ1n) is 7.07. The van der Waals surface area contributed by atoms with Gasteiger partial charge in [-0.25, -0.2) is 0 Å². The minimum atomic E-state index is 0.0813. The highest BCUT2D eigenvalue weighted by atomic mass is 16.2. The van der Waals surface area contributed by atoms with Crippen LogP contribution in [-0.2, 0) is 0 Å². The molecular formula is C15H21N3O. The molecule has 0 bridgehead atoms. The van der Waals surface area contributed by atoms with E-state index in [1.165, 1.54) is 25.7 Å². The number of rotatable bonds is 5. The number of benzene rings is 1. The first-order valence-corrected chi connectivity index (χ1v) is 7.07. The van der Waals surface area contributed by atoms with E-state index in [0.29, 0.717) is 28.8 Å². The van der Waals surface area contributed by atoms with E-state index in [1.54, 1.807) is 18.2 Å². The quantitative estimate of drug-likeness (QED) is 0.795. The second-order valence-corrected chi connectivity index (χ2v) is 5.99. The van der Waals surface area contributed by atoms with Crippen molar-refractivity contribution in [2.75, 3.05) is 24.6 Å². The number of hydrogen-bond donors (Lipinski definition) is 2. The van der Waals surface area contributed by atoms with E-state index in [2.05, 4.69) is 0 Å². The fourth-order valence-electron chi connectivity index (χ4n) is 2.45. The molecule has 2 saturated carbocycles. The lowest BCUT2D eigenvalue weighted by molar-refractivity contribution is 0.0739. The van der Waals surface area contributed by atoms with E-state index < -0.39 is 0 Å². The fourth-order valence-corrected chi connectivity index (χ4v) is 2.45. The van der Waals surface area contributed by atoms with Gasteiger partial charge in [-0.05, 0) is 55.7 Å². The van der Waals surface area contributed by atoms with E-state index in [1.807, 2.05) is 4.90 Å². The molecular weight excluding hydrogens is 238 g/mol. The SMILES string of the molecule is Nc1cc(N)cc(C(=O)N(CC2CC2)CC2CC2)c1. The Balaban J connectivity index is 1.76. The molecule has 2 aliphatic carbocycles. The van der Waals surface area contributed by atoms with Crippen LogP contribution in [0.3, 0.4) is 0 Å². The first-order chi connectivity index (χ1) is 9.11. The summed E-state index contributed by atoms with van der Waals surface area (Å²) >= 11 is 0. The molecule has 0 aromatic heterocycles. The summed E-state index contributed by atoms with van der Waals surface area (Å²) in [5.74, 6) is 1.50. The number of nitrogen functional groups attached to an aromatic ring is 2. The minimum Gasteiger partial charge on any atom is -0.399 e. The van der Waals surface area contributed by atoms with Crippen molar-refractivity contribution in [2.24, 2.45) is 11.8 Å². The van der Waals surface area contributed by atoms with Gasteiger partial charge in [0.2, 0.25) is 0 Å². The maximum Gasteiger partial charge on any atom is 0.254 e. The molecule has 0 atom stereocenters. The molecule has 2 fully saturated rings. The lowest BCUT2D eigenvalue weighted by Gasteiger charge is -2.23. The summed E-state index contributed by atoms with van der Waals surface area (Å²) in [6.07, 6.45) is 5.03. The van der Waals surface area contributed by atoms with Crippen LogP contribution in [0.5, 0.6) is 0 Å². The summed E-state index contributed by atoms with van der Waals surface area (Å²) in [7, 11) is 0. The van der Waals surface area contributed by atoms with Gasteiger partial charge in [0.15, 0.2) is 0 Å². The van der Waals surface area contributed by atoms with Gasteiger partial charge in [-0.1, -0.05) is 0 Å². The zero-order valence-electron chi connectivity index (χ0n) is 11.1. The molecule has 4 heteroatoms. The van der Waals surface area contributed by atoms with E-state index in [0.717, 1.165) is 13.1 Å². The highest BCUT2D eigenvalue weighted by Gasteiger charge is 2.31. The zero-order valence-corrected chi connectivity index (χ0v) is 11.1. The number of amides is 1. The summed E-state index contributed by atoms with van der Waals surface area (Å²) in [6.45, 7) is 1.79. The Bertz CT molecular complexity index is 458. The van der Waals surface area contributed by atoms with Crippen LogP contribution in [0.2, 0.25) is 0 Å². The smallest absolute Gasteiger partial charge is 0.254 e. The molecule has 102 valence electrons. The van der Waals surface area contributed by atoms with Crippen LogP contribution in [0.1, 0.15) is 36.0 Å². The summed E-state index contributed by atoms with van der Waals surface area (Å²) in [5.41, 5.74) is 13.3. The van der Waals surface area contributed by atoms with Gasteiger partial charge in [-0.2, -0.15) is 0 Å². The van der Waals surface area contributed by atoms with Crippen LogP contribution < -0.4 is 11.5 Å². The predicted molar refractivity (Wildman–Crippen MR) is 76.6 cm³/mol. The number of carbonyl (C=O) groups is 1. The Morgan fingerprint density at radius 3 is 1.89 bits per heavy atom. The van der Waals surface area contributed by atoms with E-state index >= 15 is 0 Å². The number of anilines is 2. The molecule has 1 aromatic carbocycles. The van der Waals surface area contributed by atoms with Gasteiger partial charge in [-0.3, -0.25) is 4.79 Å². The van der Waals surface area contributed by atoms with Crippen LogP contribution >= 0.6 is 0 Å². The average molecular weight is 259 g/mol. The van der Waals surface area contributed by atoms with E-state index in [-0.39, 0.29) is 5.91 Å². The third kappa shape index (κ3) is 3.19. The maximum absolute atomic E-state index is 12.6. The van der Waals surface area contributed by atoms with Crippen LogP contribution in [0.15, 0.2) is 18.2 Å². The second-order valence-electron chi connectivity index (χ2n) is 5.99. The van der Waals surface area contributed by atoms with Crippen molar-refractivity contribution >= 4 is 17.3 Å². The molecule has 2 aliphatic rings. The van der Waals surface area contributed by atoms with Crippen molar-refractivity contribution in [3.8, 4) is 0 Å². The van der Waals surface area contributed by atoms with Gasteiger partial charge < -0.3 is 16.4 Å². The lowest BCUT2D eigenvalue weighted by atomic mass is 10.1. The van der Waals surface area contributed by atoms with Crippen molar-refractivity contribution in [3.05, 3.63) is 23.8 Å². The van der Waals surface area contributed by atoms with Gasteiger partial charge >= 0.3 is 0 Å². The first kappa shape index (κ1) is 12.3. The highest BCUT2D eigenvalue weighted by molar-refractivity contribution is 5.96. The predicted octanol–water partition coefficient (Wildman–Crippen LogP) is 2.11. The molecule has 1 amide bonds. The van der Waals surface area contributed by atoms with Crippen molar-refractivity contribution in [1.82, 2.24) is 4.90 Å². The van der Waals surface area contributed by atoms with Gasteiger partial charge in [0, 0.05) is 30.0 Å². The maximum atomic E-state index is 12.6. The molecule has 0 spiro atoms. The number of nitrogens with zero attached hydrogens (tertiary/aromatic N) is 1. The summed E-state index contributed by atoms with van der Waals surface area (Å²) in [6, 6.07) is 5.14. The van der Waals surface area contributed by atoms with Gasteiger partial charge in [0.05, 0.1) is 0 Å². The molecule has 4 N–H and O–H groups in total. The largest absolute Gasteiger partial charge is 0.399 e. The molecule has 4 nitrogen and oxygen atoms in total. The van der Waals surface area contributed by atoms with Crippen LogP contribution in [0.4, 0.5) is 11.4 Å². The molecule has 0 aliphatic heterocycles. The standard InChI is InChI=1S/C15H21N3O/c16-13-5-12(6-14(17)7-13)15(19)18(8-10-1-2-10)9-11-3-4-11/h5-7,10-11H,1-4,8-9,16-17H2. The summed E-state index contributed by atoms with van der Waals surface area (Å²) in [4.78, 5) is 14.6. The normalized spacial score (nSPS) is 18.3. The Hall–Kier alpha value is -1.71. The Kier molecular flexibility index (Phi) is 3.09. The summed E-state index contributed by atoms with van der Waals surface area (Å²) < 4.78 is 0.